The molecule has 4 nitrogen and oxygen atoms in total. The molecule has 1 aromatic heterocycles. The van der Waals surface area contributed by atoms with E-state index in [2.05, 4.69) is 17.2 Å². The molecular formula is C16H20FN3O. The summed E-state index contributed by atoms with van der Waals surface area (Å²) >= 11 is 0. The lowest BCUT2D eigenvalue weighted by molar-refractivity contribution is 0.0300. The molecule has 0 aliphatic carbocycles. The van der Waals surface area contributed by atoms with Gasteiger partial charge in [-0.3, -0.25) is 4.98 Å². The van der Waals surface area contributed by atoms with Crippen LogP contribution < -0.4 is 11.1 Å². The molecule has 21 heavy (non-hydrogen) atoms. The number of hydrogen-bond donors (Lipinski definition) is 2. The SMILES string of the molecule is CC1(CNc2c(F)cc(N)c3cccnc23)CCOCC1. The molecule has 1 fully saturated rings. The summed E-state index contributed by atoms with van der Waals surface area (Å²) in [6.45, 7) is 4.43. The lowest BCUT2D eigenvalue weighted by Crippen LogP contribution is -2.33. The third kappa shape index (κ3) is 2.78. The second-order valence-electron chi connectivity index (χ2n) is 6.00. The van der Waals surface area contributed by atoms with Gasteiger partial charge in [-0.05, 0) is 36.5 Å². The first-order valence-electron chi connectivity index (χ1n) is 7.23. The number of pyridine rings is 1. The van der Waals surface area contributed by atoms with E-state index in [-0.39, 0.29) is 11.2 Å². The Kier molecular flexibility index (Phi) is 3.68. The fourth-order valence-electron chi connectivity index (χ4n) is 2.75. The number of fused-ring (bicyclic) bond motifs is 1. The molecule has 3 N–H and O–H groups in total. The van der Waals surface area contributed by atoms with Crippen LogP contribution in [0.2, 0.25) is 0 Å². The summed E-state index contributed by atoms with van der Waals surface area (Å²) in [6, 6.07) is 5.03. The summed E-state index contributed by atoms with van der Waals surface area (Å²) in [5, 5.41) is 4.02. The smallest absolute Gasteiger partial charge is 0.150 e. The summed E-state index contributed by atoms with van der Waals surface area (Å²) < 4.78 is 19.6. The highest BCUT2D eigenvalue weighted by Crippen LogP contribution is 2.33. The van der Waals surface area contributed by atoms with E-state index in [0.29, 0.717) is 23.4 Å². The number of nitrogens with one attached hydrogen (secondary N) is 1. The van der Waals surface area contributed by atoms with Crippen molar-refractivity contribution in [1.29, 1.82) is 0 Å². The molecule has 2 aromatic rings. The van der Waals surface area contributed by atoms with Gasteiger partial charge in [0.15, 0.2) is 5.82 Å². The van der Waals surface area contributed by atoms with Gasteiger partial charge in [-0.1, -0.05) is 6.92 Å². The van der Waals surface area contributed by atoms with Crippen molar-refractivity contribution in [2.24, 2.45) is 5.41 Å². The maximum atomic E-state index is 14.3. The summed E-state index contributed by atoms with van der Waals surface area (Å²) in [5.41, 5.74) is 7.43. The summed E-state index contributed by atoms with van der Waals surface area (Å²) in [6.07, 6.45) is 3.60. The van der Waals surface area contributed by atoms with Crippen LogP contribution in [-0.4, -0.2) is 24.7 Å². The van der Waals surface area contributed by atoms with Crippen LogP contribution in [0.15, 0.2) is 24.4 Å². The largest absolute Gasteiger partial charge is 0.398 e. The van der Waals surface area contributed by atoms with Gasteiger partial charge in [-0.15, -0.1) is 0 Å². The van der Waals surface area contributed by atoms with Gasteiger partial charge in [0.1, 0.15) is 0 Å². The number of hydrogen-bond acceptors (Lipinski definition) is 4. The zero-order valence-corrected chi connectivity index (χ0v) is 12.2. The van der Waals surface area contributed by atoms with Crippen molar-refractivity contribution in [1.82, 2.24) is 4.98 Å². The van der Waals surface area contributed by atoms with E-state index in [1.54, 1.807) is 12.3 Å². The van der Waals surface area contributed by atoms with Gasteiger partial charge >= 0.3 is 0 Å². The number of ether oxygens (including phenoxy) is 1. The number of nitrogens with two attached hydrogens (primary N) is 1. The van der Waals surface area contributed by atoms with E-state index in [1.165, 1.54) is 6.07 Å². The third-order valence-electron chi connectivity index (χ3n) is 4.27. The maximum absolute atomic E-state index is 14.3. The molecular weight excluding hydrogens is 269 g/mol. The van der Waals surface area contributed by atoms with Crippen LogP contribution in [0.1, 0.15) is 19.8 Å². The predicted molar refractivity (Wildman–Crippen MR) is 82.8 cm³/mol. The molecule has 0 radical (unpaired) electrons. The monoisotopic (exact) mass is 289 g/mol. The molecule has 0 unspecified atom stereocenters. The van der Waals surface area contributed by atoms with E-state index in [9.17, 15) is 4.39 Å². The highest BCUT2D eigenvalue weighted by molar-refractivity contribution is 5.98. The van der Waals surface area contributed by atoms with Crippen LogP contribution in [0.3, 0.4) is 0 Å². The Hall–Kier alpha value is -1.88. The second kappa shape index (κ2) is 5.48. The maximum Gasteiger partial charge on any atom is 0.150 e. The molecule has 0 atom stereocenters. The van der Waals surface area contributed by atoms with Crippen LogP contribution in [0.4, 0.5) is 15.8 Å². The zero-order chi connectivity index (χ0) is 14.9. The first kappa shape index (κ1) is 14.1. The van der Waals surface area contributed by atoms with Gasteiger partial charge in [0.25, 0.3) is 0 Å². The Labute approximate surface area is 123 Å². The Morgan fingerprint density at radius 1 is 1.43 bits per heavy atom. The van der Waals surface area contributed by atoms with Gasteiger partial charge in [0.2, 0.25) is 0 Å². The molecule has 0 saturated carbocycles. The molecule has 0 bridgehead atoms. The number of rotatable bonds is 3. The number of nitrogens with zero attached hydrogens (tertiary/aromatic N) is 1. The van der Waals surface area contributed by atoms with Crippen molar-refractivity contribution in [2.75, 3.05) is 30.8 Å². The lowest BCUT2D eigenvalue weighted by Gasteiger charge is -2.34. The van der Waals surface area contributed by atoms with Gasteiger partial charge in [0.05, 0.1) is 11.2 Å². The van der Waals surface area contributed by atoms with Crippen molar-refractivity contribution < 1.29 is 9.13 Å². The van der Waals surface area contributed by atoms with Crippen LogP contribution in [-0.2, 0) is 4.74 Å². The Balaban J connectivity index is 1.90. The summed E-state index contributed by atoms with van der Waals surface area (Å²) in [4.78, 5) is 4.28. The van der Waals surface area contributed by atoms with Crippen molar-refractivity contribution >= 4 is 22.3 Å². The Morgan fingerprint density at radius 3 is 2.95 bits per heavy atom. The molecule has 2 heterocycles. The summed E-state index contributed by atoms with van der Waals surface area (Å²) in [5.74, 6) is -0.352. The van der Waals surface area contributed by atoms with E-state index in [0.717, 1.165) is 31.4 Å². The van der Waals surface area contributed by atoms with Gasteiger partial charge in [0, 0.05) is 37.0 Å². The van der Waals surface area contributed by atoms with Crippen LogP contribution >= 0.6 is 0 Å². The Morgan fingerprint density at radius 2 is 2.19 bits per heavy atom. The normalized spacial score (nSPS) is 17.8. The highest BCUT2D eigenvalue weighted by atomic mass is 19.1. The number of halogens is 1. The molecule has 1 aliphatic rings. The van der Waals surface area contributed by atoms with E-state index >= 15 is 0 Å². The van der Waals surface area contributed by atoms with E-state index < -0.39 is 0 Å². The van der Waals surface area contributed by atoms with Crippen molar-refractivity contribution in [3.63, 3.8) is 0 Å². The van der Waals surface area contributed by atoms with Gasteiger partial charge in [-0.25, -0.2) is 4.39 Å². The zero-order valence-electron chi connectivity index (χ0n) is 12.2. The average molecular weight is 289 g/mol. The van der Waals surface area contributed by atoms with Crippen LogP contribution in [0.5, 0.6) is 0 Å². The molecule has 1 aliphatic heterocycles. The minimum Gasteiger partial charge on any atom is -0.398 e. The summed E-state index contributed by atoms with van der Waals surface area (Å²) in [7, 11) is 0. The van der Waals surface area contributed by atoms with Crippen molar-refractivity contribution in [3.8, 4) is 0 Å². The number of anilines is 2. The lowest BCUT2D eigenvalue weighted by atomic mass is 9.82. The molecule has 0 amide bonds. The van der Waals surface area contributed by atoms with Gasteiger partial charge < -0.3 is 15.8 Å². The molecule has 3 rings (SSSR count). The minimum absolute atomic E-state index is 0.118. The first-order valence-corrected chi connectivity index (χ1v) is 7.23. The number of benzene rings is 1. The fourth-order valence-corrected chi connectivity index (χ4v) is 2.75. The standard InChI is InChI=1S/C16H20FN3O/c1-16(4-7-21-8-5-16)10-20-15-12(17)9-13(18)11-3-2-6-19-14(11)15/h2-3,6,9,20H,4-5,7-8,10,18H2,1H3. The minimum atomic E-state index is -0.352. The quantitative estimate of drug-likeness (QED) is 0.852. The average Bonchev–Trinajstić information content (AvgIpc) is 2.48. The van der Waals surface area contributed by atoms with Crippen LogP contribution in [0.25, 0.3) is 10.9 Å². The Bertz CT molecular complexity index is 653. The highest BCUT2D eigenvalue weighted by Gasteiger charge is 2.27. The van der Waals surface area contributed by atoms with Gasteiger partial charge in [-0.2, -0.15) is 0 Å². The van der Waals surface area contributed by atoms with E-state index in [4.69, 9.17) is 10.5 Å². The third-order valence-corrected chi connectivity index (χ3v) is 4.27. The predicted octanol–water partition coefficient (Wildman–Crippen LogP) is 3.18. The molecule has 0 spiro atoms. The van der Waals surface area contributed by atoms with Crippen molar-refractivity contribution in [3.05, 3.63) is 30.2 Å². The fraction of sp³-hybridized carbons (Fsp3) is 0.438. The van der Waals surface area contributed by atoms with Crippen molar-refractivity contribution in [2.45, 2.75) is 19.8 Å². The molecule has 1 aromatic carbocycles. The molecule has 112 valence electrons. The van der Waals surface area contributed by atoms with E-state index in [1.807, 2.05) is 6.07 Å². The molecule has 1 saturated heterocycles. The number of nitrogen functional groups attached to an aromatic ring is 1. The second-order valence-corrected chi connectivity index (χ2v) is 6.00. The number of aromatic nitrogens is 1. The van der Waals surface area contributed by atoms with Crippen LogP contribution in [0, 0.1) is 11.2 Å². The topological polar surface area (TPSA) is 60.2 Å². The molecule has 5 heteroatoms. The first-order chi connectivity index (χ1) is 10.1.